The lowest BCUT2D eigenvalue weighted by atomic mass is 10.2. The molecule has 24 heavy (non-hydrogen) atoms. The lowest BCUT2D eigenvalue weighted by Gasteiger charge is -2.25. The Balaban J connectivity index is 1.76. The minimum Gasteiger partial charge on any atom is -0.485 e. The third-order valence-corrected chi connectivity index (χ3v) is 3.68. The second-order valence-electron chi connectivity index (χ2n) is 5.05. The molecule has 0 radical (unpaired) electrons. The summed E-state index contributed by atoms with van der Waals surface area (Å²) in [6.45, 7) is -0.0561. The molecule has 0 spiro atoms. The number of alkyl halides is 3. The Labute approximate surface area is 140 Å². The summed E-state index contributed by atoms with van der Waals surface area (Å²) in [7, 11) is 0. The molecular weight excluding hydrogens is 347 g/mol. The van der Waals surface area contributed by atoms with Gasteiger partial charge >= 0.3 is 6.18 Å². The van der Waals surface area contributed by atoms with Gasteiger partial charge < -0.3 is 14.8 Å². The van der Waals surface area contributed by atoms with Crippen LogP contribution in [0.4, 0.5) is 18.9 Å². The highest BCUT2D eigenvalue weighted by molar-refractivity contribution is 6.33. The molecule has 1 amide bonds. The van der Waals surface area contributed by atoms with E-state index in [2.05, 4.69) is 5.32 Å². The van der Waals surface area contributed by atoms with Gasteiger partial charge in [-0.1, -0.05) is 23.7 Å². The summed E-state index contributed by atoms with van der Waals surface area (Å²) in [5.74, 6) is 0.239. The van der Waals surface area contributed by atoms with Crippen molar-refractivity contribution in [2.75, 3.05) is 11.9 Å². The van der Waals surface area contributed by atoms with E-state index in [-0.39, 0.29) is 17.3 Å². The summed E-state index contributed by atoms with van der Waals surface area (Å²) in [6.07, 6.45) is -5.53. The maximum absolute atomic E-state index is 12.8. The van der Waals surface area contributed by atoms with Crippen molar-refractivity contribution in [3.05, 3.63) is 53.1 Å². The zero-order chi connectivity index (χ0) is 17.3. The van der Waals surface area contributed by atoms with E-state index in [4.69, 9.17) is 21.1 Å². The van der Waals surface area contributed by atoms with Gasteiger partial charge in [-0.25, -0.2) is 0 Å². The lowest BCUT2D eigenvalue weighted by Crippen LogP contribution is -2.40. The molecule has 0 saturated heterocycles. The fraction of sp³-hybridized carbons (Fsp3) is 0.188. The number of anilines is 1. The standard InChI is InChI=1S/C16H11ClF3NO3/c17-10-6-5-9(16(18,19)20)7-11(10)21-15(22)14-8-23-12-3-1-2-4-13(12)24-14/h1-7,14H,8H2,(H,21,22)/t14-/m1/s1. The first-order valence-electron chi connectivity index (χ1n) is 6.90. The van der Waals surface area contributed by atoms with Gasteiger partial charge in [-0.2, -0.15) is 13.2 Å². The second-order valence-corrected chi connectivity index (χ2v) is 5.45. The molecule has 8 heteroatoms. The van der Waals surface area contributed by atoms with E-state index >= 15 is 0 Å². The molecule has 0 aliphatic carbocycles. The Morgan fingerprint density at radius 1 is 1.17 bits per heavy atom. The number of benzene rings is 2. The van der Waals surface area contributed by atoms with Crippen molar-refractivity contribution in [1.82, 2.24) is 0 Å². The quantitative estimate of drug-likeness (QED) is 0.878. The predicted octanol–water partition coefficient (Wildman–Crippen LogP) is 4.14. The number of carbonyl (C=O) groups is 1. The Morgan fingerprint density at radius 3 is 2.58 bits per heavy atom. The molecule has 0 bridgehead atoms. The summed E-state index contributed by atoms with van der Waals surface area (Å²) in [6, 6.07) is 9.48. The van der Waals surface area contributed by atoms with E-state index in [9.17, 15) is 18.0 Å². The van der Waals surface area contributed by atoms with Crippen molar-refractivity contribution in [2.24, 2.45) is 0 Å². The summed E-state index contributed by atoms with van der Waals surface area (Å²) < 4.78 is 49.2. The Morgan fingerprint density at radius 2 is 1.88 bits per heavy atom. The van der Waals surface area contributed by atoms with Gasteiger partial charge in [0.1, 0.15) is 6.61 Å². The first-order valence-corrected chi connectivity index (χ1v) is 7.28. The Hall–Kier alpha value is -2.41. The Kier molecular flexibility index (Phi) is 4.28. The molecule has 3 rings (SSSR count). The van der Waals surface area contributed by atoms with Crippen LogP contribution in [0.15, 0.2) is 42.5 Å². The van der Waals surface area contributed by atoms with Gasteiger partial charge in [0.05, 0.1) is 16.3 Å². The molecule has 126 valence electrons. The lowest BCUT2D eigenvalue weighted by molar-refractivity contribution is -0.137. The van der Waals surface area contributed by atoms with Crippen LogP contribution in [0.5, 0.6) is 11.5 Å². The largest absolute Gasteiger partial charge is 0.485 e. The molecule has 1 atom stereocenters. The van der Waals surface area contributed by atoms with Crippen LogP contribution < -0.4 is 14.8 Å². The topological polar surface area (TPSA) is 47.6 Å². The molecule has 0 saturated carbocycles. The third kappa shape index (κ3) is 3.41. The molecule has 2 aromatic carbocycles. The number of rotatable bonds is 2. The van der Waals surface area contributed by atoms with Crippen molar-refractivity contribution in [3.63, 3.8) is 0 Å². The highest BCUT2D eigenvalue weighted by Gasteiger charge is 2.32. The maximum atomic E-state index is 12.8. The number of halogens is 4. The van der Waals surface area contributed by atoms with Gasteiger partial charge in [0, 0.05) is 0 Å². The van der Waals surface area contributed by atoms with Crippen molar-refractivity contribution >= 4 is 23.2 Å². The van der Waals surface area contributed by atoms with Crippen molar-refractivity contribution in [1.29, 1.82) is 0 Å². The fourth-order valence-electron chi connectivity index (χ4n) is 2.16. The van der Waals surface area contributed by atoms with Crippen LogP contribution in [-0.4, -0.2) is 18.6 Å². The zero-order valence-corrected chi connectivity index (χ0v) is 12.8. The summed E-state index contributed by atoms with van der Waals surface area (Å²) >= 11 is 5.86. The van der Waals surface area contributed by atoms with Crippen LogP contribution in [0.3, 0.4) is 0 Å². The van der Waals surface area contributed by atoms with Crippen LogP contribution in [0, 0.1) is 0 Å². The smallest absolute Gasteiger partial charge is 0.416 e. The number of nitrogens with one attached hydrogen (secondary N) is 1. The number of amides is 1. The highest BCUT2D eigenvalue weighted by Crippen LogP contribution is 2.34. The molecule has 0 aromatic heterocycles. The number of ether oxygens (including phenoxy) is 2. The van der Waals surface area contributed by atoms with Crippen LogP contribution in [0.25, 0.3) is 0 Å². The molecule has 1 aliphatic rings. The first-order chi connectivity index (χ1) is 11.3. The number of fused-ring (bicyclic) bond motifs is 1. The van der Waals surface area contributed by atoms with E-state index in [1.165, 1.54) is 0 Å². The summed E-state index contributed by atoms with van der Waals surface area (Å²) in [5, 5.41) is 2.34. The van der Waals surface area contributed by atoms with Crippen molar-refractivity contribution in [2.45, 2.75) is 12.3 Å². The predicted molar refractivity (Wildman–Crippen MR) is 81.4 cm³/mol. The van der Waals surface area contributed by atoms with Gasteiger partial charge in [-0.15, -0.1) is 0 Å². The van der Waals surface area contributed by atoms with E-state index in [1.54, 1.807) is 24.3 Å². The number of hydrogen-bond acceptors (Lipinski definition) is 3. The number of para-hydroxylation sites is 2. The van der Waals surface area contributed by atoms with Gasteiger partial charge in [0.25, 0.3) is 5.91 Å². The van der Waals surface area contributed by atoms with Crippen LogP contribution in [0.1, 0.15) is 5.56 Å². The van der Waals surface area contributed by atoms with Gasteiger partial charge in [-0.3, -0.25) is 4.79 Å². The minimum absolute atomic E-state index is 0.00604. The zero-order valence-electron chi connectivity index (χ0n) is 12.1. The maximum Gasteiger partial charge on any atom is 0.416 e. The number of hydrogen-bond donors (Lipinski definition) is 1. The van der Waals surface area contributed by atoms with Crippen LogP contribution in [-0.2, 0) is 11.0 Å². The molecule has 0 unspecified atom stereocenters. The molecule has 1 N–H and O–H groups in total. The van der Waals surface area contributed by atoms with E-state index in [0.717, 1.165) is 18.2 Å². The van der Waals surface area contributed by atoms with Crippen LogP contribution >= 0.6 is 11.6 Å². The summed E-state index contributed by atoms with van der Waals surface area (Å²) in [4.78, 5) is 12.2. The van der Waals surface area contributed by atoms with Crippen molar-refractivity contribution in [3.8, 4) is 11.5 Å². The normalized spacial score (nSPS) is 16.6. The van der Waals surface area contributed by atoms with Gasteiger partial charge in [-0.05, 0) is 30.3 Å². The van der Waals surface area contributed by atoms with Gasteiger partial charge in [0.15, 0.2) is 11.5 Å². The minimum atomic E-state index is -4.53. The monoisotopic (exact) mass is 357 g/mol. The molecule has 1 aliphatic heterocycles. The summed E-state index contributed by atoms with van der Waals surface area (Å²) in [5.41, 5.74) is -1.05. The van der Waals surface area contributed by atoms with Crippen LogP contribution in [0.2, 0.25) is 5.02 Å². The Bertz CT molecular complexity index is 779. The van der Waals surface area contributed by atoms with Gasteiger partial charge in [0.2, 0.25) is 6.10 Å². The third-order valence-electron chi connectivity index (χ3n) is 3.35. The van der Waals surface area contributed by atoms with E-state index < -0.39 is 23.8 Å². The van der Waals surface area contributed by atoms with E-state index in [1.807, 2.05) is 0 Å². The van der Waals surface area contributed by atoms with Crippen molar-refractivity contribution < 1.29 is 27.4 Å². The molecule has 1 heterocycles. The first kappa shape index (κ1) is 16.4. The molecule has 2 aromatic rings. The van der Waals surface area contributed by atoms with E-state index in [0.29, 0.717) is 11.5 Å². The average Bonchev–Trinajstić information content (AvgIpc) is 2.55. The highest BCUT2D eigenvalue weighted by atomic mass is 35.5. The fourth-order valence-corrected chi connectivity index (χ4v) is 2.32. The molecule has 0 fully saturated rings. The number of carbonyl (C=O) groups excluding carboxylic acids is 1. The molecule has 4 nitrogen and oxygen atoms in total. The average molecular weight is 358 g/mol. The molecular formula is C16H11ClF3NO3. The second kappa shape index (κ2) is 6.24. The SMILES string of the molecule is O=C(Nc1cc(C(F)(F)F)ccc1Cl)[C@H]1COc2ccccc2O1.